The molecular weight excluding hydrogens is 252 g/mol. The number of pyridine rings is 1. The molecule has 4 aromatic rings. The molecule has 3 heterocycles. The van der Waals surface area contributed by atoms with Gasteiger partial charge in [-0.3, -0.25) is 9.89 Å². The minimum absolute atomic E-state index is 0.391. The summed E-state index contributed by atoms with van der Waals surface area (Å²) in [4.78, 5) is 18.5. The number of H-pyrrole nitrogens is 2. The summed E-state index contributed by atoms with van der Waals surface area (Å²) < 4.78 is 0. The smallest absolute Gasteiger partial charge is 0.168 e. The van der Waals surface area contributed by atoms with Gasteiger partial charge in [0.1, 0.15) is 5.69 Å². The highest BCUT2D eigenvalue weighted by Crippen LogP contribution is 2.32. The fourth-order valence-electron chi connectivity index (χ4n) is 2.53. The van der Waals surface area contributed by atoms with Crippen LogP contribution in [-0.2, 0) is 0 Å². The Labute approximate surface area is 113 Å². The number of para-hydroxylation sites is 1. The number of aromatic nitrogens is 4. The number of carbonyl (C=O) groups excluding carboxylic acids is 1. The second kappa shape index (κ2) is 4.03. The quantitative estimate of drug-likeness (QED) is 0.545. The summed E-state index contributed by atoms with van der Waals surface area (Å²) in [5.74, 6) is 0. The van der Waals surface area contributed by atoms with E-state index in [2.05, 4.69) is 20.2 Å². The van der Waals surface area contributed by atoms with Crippen molar-refractivity contribution in [3.05, 3.63) is 48.4 Å². The van der Waals surface area contributed by atoms with E-state index in [1.54, 1.807) is 12.3 Å². The van der Waals surface area contributed by atoms with Gasteiger partial charge in [0.15, 0.2) is 11.9 Å². The van der Waals surface area contributed by atoms with Gasteiger partial charge >= 0.3 is 0 Å². The molecule has 0 radical (unpaired) electrons. The highest BCUT2D eigenvalue weighted by Gasteiger charge is 2.12. The largest absolute Gasteiger partial charge is 0.361 e. The minimum atomic E-state index is 0.391. The lowest BCUT2D eigenvalue weighted by Crippen LogP contribution is -1.90. The molecule has 0 unspecified atom stereocenters. The molecule has 96 valence electrons. The Morgan fingerprint density at radius 3 is 2.90 bits per heavy atom. The third-order valence-electron chi connectivity index (χ3n) is 3.44. The fraction of sp³-hybridized carbons (Fsp3) is 0. The standard InChI is InChI=1S/C15H10N4O/c20-8-9-5-11(13-7-17-19-15(13)18-9)12-6-16-14-4-2-1-3-10(12)14/h1-8,16H,(H,17,18,19). The van der Waals surface area contributed by atoms with Crippen LogP contribution in [0.1, 0.15) is 10.5 Å². The van der Waals surface area contributed by atoms with E-state index in [1.165, 1.54) is 0 Å². The van der Waals surface area contributed by atoms with E-state index in [0.29, 0.717) is 11.3 Å². The average Bonchev–Trinajstić information content (AvgIpc) is 3.12. The Bertz CT molecular complexity index is 935. The van der Waals surface area contributed by atoms with Crippen molar-refractivity contribution in [1.29, 1.82) is 0 Å². The van der Waals surface area contributed by atoms with Crippen LogP contribution >= 0.6 is 0 Å². The van der Waals surface area contributed by atoms with Gasteiger partial charge in [-0.2, -0.15) is 5.10 Å². The number of carbonyl (C=O) groups is 1. The fourth-order valence-corrected chi connectivity index (χ4v) is 2.53. The summed E-state index contributed by atoms with van der Waals surface area (Å²) in [5, 5.41) is 8.84. The lowest BCUT2D eigenvalue weighted by atomic mass is 10.0. The molecule has 20 heavy (non-hydrogen) atoms. The van der Waals surface area contributed by atoms with E-state index in [0.717, 1.165) is 33.7 Å². The van der Waals surface area contributed by atoms with Crippen molar-refractivity contribution in [2.24, 2.45) is 0 Å². The highest BCUT2D eigenvalue weighted by atomic mass is 16.1. The molecule has 0 saturated heterocycles. The summed E-state index contributed by atoms with van der Waals surface area (Å²) in [6.45, 7) is 0. The van der Waals surface area contributed by atoms with Crippen LogP contribution in [0.4, 0.5) is 0 Å². The molecule has 0 saturated carbocycles. The summed E-state index contributed by atoms with van der Waals surface area (Å²) in [7, 11) is 0. The van der Waals surface area contributed by atoms with Crippen molar-refractivity contribution in [2.75, 3.05) is 0 Å². The Hall–Kier alpha value is -2.95. The summed E-state index contributed by atoms with van der Waals surface area (Å²) >= 11 is 0. The molecule has 0 aliphatic carbocycles. The summed E-state index contributed by atoms with van der Waals surface area (Å²) in [6.07, 6.45) is 4.42. The Balaban J connectivity index is 2.11. The van der Waals surface area contributed by atoms with Gasteiger partial charge in [0.25, 0.3) is 0 Å². The van der Waals surface area contributed by atoms with E-state index in [-0.39, 0.29) is 0 Å². The van der Waals surface area contributed by atoms with Crippen LogP contribution in [0.5, 0.6) is 0 Å². The Morgan fingerprint density at radius 2 is 2.00 bits per heavy atom. The molecule has 2 N–H and O–H groups in total. The number of benzene rings is 1. The maximum atomic E-state index is 11.1. The zero-order valence-electron chi connectivity index (χ0n) is 10.4. The molecule has 0 spiro atoms. The second-order valence-electron chi connectivity index (χ2n) is 4.59. The molecule has 0 aliphatic rings. The number of fused-ring (bicyclic) bond motifs is 2. The Morgan fingerprint density at radius 1 is 1.10 bits per heavy atom. The topological polar surface area (TPSA) is 74.4 Å². The molecular formula is C15H10N4O. The van der Waals surface area contributed by atoms with Crippen LogP contribution in [0.3, 0.4) is 0 Å². The predicted octanol–water partition coefficient (Wildman–Crippen LogP) is 2.92. The first-order chi connectivity index (χ1) is 9.86. The minimum Gasteiger partial charge on any atom is -0.361 e. The average molecular weight is 262 g/mol. The first-order valence-corrected chi connectivity index (χ1v) is 6.22. The molecule has 4 rings (SSSR count). The van der Waals surface area contributed by atoms with E-state index >= 15 is 0 Å². The van der Waals surface area contributed by atoms with Crippen LogP contribution in [0, 0.1) is 0 Å². The van der Waals surface area contributed by atoms with Gasteiger partial charge in [0.2, 0.25) is 0 Å². The van der Waals surface area contributed by atoms with Gasteiger partial charge in [-0.25, -0.2) is 4.98 Å². The third kappa shape index (κ3) is 1.46. The SMILES string of the molecule is O=Cc1cc(-c2c[nH]c3ccccc23)c2cn[nH]c2n1. The van der Waals surface area contributed by atoms with Gasteiger partial charge in [-0.15, -0.1) is 0 Å². The van der Waals surface area contributed by atoms with E-state index in [4.69, 9.17) is 0 Å². The van der Waals surface area contributed by atoms with Gasteiger partial charge in [-0.05, 0) is 17.7 Å². The predicted molar refractivity (Wildman–Crippen MR) is 76.6 cm³/mol. The molecule has 3 aromatic heterocycles. The van der Waals surface area contributed by atoms with Gasteiger partial charge in [0.05, 0.1) is 6.20 Å². The van der Waals surface area contributed by atoms with E-state index in [9.17, 15) is 4.79 Å². The zero-order chi connectivity index (χ0) is 13.5. The molecule has 0 atom stereocenters. The summed E-state index contributed by atoms with van der Waals surface area (Å²) in [6, 6.07) is 9.84. The van der Waals surface area contributed by atoms with E-state index in [1.807, 2.05) is 30.5 Å². The highest BCUT2D eigenvalue weighted by molar-refractivity contribution is 6.04. The first-order valence-electron chi connectivity index (χ1n) is 6.22. The van der Waals surface area contributed by atoms with Crippen LogP contribution in [0.25, 0.3) is 33.1 Å². The normalized spacial score (nSPS) is 11.2. The second-order valence-corrected chi connectivity index (χ2v) is 4.59. The van der Waals surface area contributed by atoms with Crippen molar-refractivity contribution >= 4 is 28.2 Å². The van der Waals surface area contributed by atoms with Gasteiger partial charge in [-0.1, -0.05) is 18.2 Å². The van der Waals surface area contributed by atoms with Crippen LogP contribution in [0.2, 0.25) is 0 Å². The Kier molecular flexibility index (Phi) is 2.20. The molecule has 5 heteroatoms. The first kappa shape index (κ1) is 10.9. The van der Waals surface area contributed by atoms with Crippen molar-refractivity contribution in [3.8, 4) is 11.1 Å². The third-order valence-corrected chi connectivity index (χ3v) is 3.44. The van der Waals surface area contributed by atoms with Crippen molar-refractivity contribution in [1.82, 2.24) is 20.2 Å². The zero-order valence-corrected chi connectivity index (χ0v) is 10.4. The summed E-state index contributed by atoms with van der Waals surface area (Å²) in [5.41, 5.74) is 4.06. The maximum absolute atomic E-state index is 11.1. The van der Waals surface area contributed by atoms with Crippen molar-refractivity contribution < 1.29 is 4.79 Å². The molecule has 1 aromatic carbocycles. The molecule has 0 fully saturated rings. The lowest BCUT2D eigenvalue weighted by Gasteiger charge is -2.02. The number of nitrogens with one attached hydrogen (secondary N) is 2. The number of hydrogen-bond acceptors (Lipinski definition) is 3. The van der Waals surface area contributed by atoms with Crippen LogP contribution in [0.15, 0.2) is 42.7 Å². The monoisotopic (exact) mass is 262 g/mol. The van der Waals surface area contributed by atoms with Gasteiger partial charge < -0.3 is 4.98 Å². The van der Waals surface area contributed by atoms with Crippen LogP contribution < -0.4 is 0 Å². The molecule has 0 amide bonds. The number of hydrogen-bond donors (Lipinski definition) is 2. The van der Waals surface area contributed by atoms with Crippen LogP contribution in [-0.4, -0.2) is 26.5 Å². The van der Waals surface area contributed by atoms with Gasteiger partial charge in [0, 0.05) is 28.0 Å². The number of rotatable bonds is 2. The molecule has 0 bridgehead atoms. The van der Waals surface area contributed by atoms with Crippen molar-refractivity contribution in [2.45, 2.75) is 0 Å². The maximum Gasteiger partial charge on any atom is 0.168 e. The number of nitrogens with zero attached hydrogens (tertiary/aromatic N) is 2. The molecule has 5 nitrogen and oxygen atoms in total. The molecule has 0 aliphatic heterocycles. The lowest BCUT2D eigenvalue weighted by molar-refractivity contribution is 0.111. The van der Waals surface area contributed by atoms with E-state index < -0.39 is 0 Å². The van der Waals surface area contributed by atoms with Crippen molar-refractivity contribution in [3.63, 3.8) is 0 Å². The number of aromatic amines is 2. The number of aldehydes is 1.